The summed E-state index contributed by atoms with van der Waals surface area (Å²) in [6.45, 7) is 1.86. The Morgan fingerprint density at radius 1 is 0.833 bits per heavy atom. The van der Waals surface area contributed by atoms with Crippen LogP contribution < -0.4 is 0 Å². The van der Waals surface area contributed by atoms with E-state index in [-0.39, 0.29) is 11.8 Å². The molecule has 5 rings (SSSR count). The van der Waals surface area contributed by atoms with Crippen LogP contribution in [0.25, 0.3) is 22.2 Å². The lowest BCUT2D eigenvalue weighted by molar-refractivity contribution is 0.0595. The molecule has 1 atom stereocenters. The lowest BCUT2D eigenvalue weighted by atomic mass is 9.97. The number of carbonyl (C=O) groups is 2. The molecule has 0 spiro atoms. The summed E-state index contributed by atoms with van der Waals surface area (Å²) in [4.78, 5) is 32.3. The Labute approximate surface area is 178 Å². The molecule has 0 N–H and O–H groups in total. The molecule has 0 saturated carbocycles. The van der Waals surface area contributed by atoms with E-state index in [1.807, 2.05) is 55.5 Å². The van der Waals surface area contributed by atoms with E-state index >= 15 is 0 Å². The largest absolute Gasteiger partial charge is 0.269 e. The normalized spacial score (nSPS) is 14.3. The smallest absolute Gasteiger partial charge is 0.262 e. The van der Waals surface area contributed by atoms with Gasteiger partial charge < -0.3 is 0 Å². The molecular formula is C25H17ClN2O2. The molecule has 4 nitrogen and oxygen atoms in total. The summed E-state index contributed by atoms with van der Waals surface area (Å²) in [5, 5.41) is 1.42. The van der Waals surface area contributed by atoms with Crippen LogP contribution in [0.3, 0.4) is 0 Å². The van der Waals surface area contributed by atoms with E-state index in [1.54, 1.807) is 30.3 Å². The monoisotopic (exact) mass is 412 g/mol. The molecule has 0 aliphatic carbocycles. The fourth-order valence-corrected chi connectivity index (χ4v) is 4.25. The first-order valence-corrected chi connectivity index (χ1v) is 10.1. The van der Waals surface area contributed by atoms with E-state index in [0.717, 1.165) is 16.5 Å². The van der Waals surface area contributed by atoms with Crippen LogP contribution in [0.4, 0.5) is 0 Å². The Kier molecular flexibility index (Phi) is 4.37. The van der Waals surface area contributed by atoms with Crippen molar-refractivity contribution in [1.82, 2.24) is 9.88 Å². The highest BCUT2D eigenvalue weighted by Crippen LogP contribution is 2.37. The topological polar surface area (TPSA) is 50.3 Å². The molecule has 2 heterocycles. The number of fused-ring (bicyclic) bond motifs is 2. The van der Waals surface area contributed by atoms with Gasteiger partial charge in [0.15, 0.2) is 0 Å². The van der Waals surface area contributed by atoms with Gasteiger partial charge in [0.25, 0.3) is 11.8 Å². The zero-order valence-electron chi connectivity index (χ0n) is 16.2. The molecule has 4 aromatic rings. The van der Waals surface area contributed by atoms with Crippen LogP contribution in [0.5, 0.6) is 0 Å². The third kappa shape index (κ3) is 2.80. The van der Waals surface area contributed by atoms with Gasteiger partial charge in [0.1, 0.15) is 0 Å². The van der Waals surface area contributed by atoms with Crippen LogP contribution in [0.1, 0.15) is 39.2 Å². The van der Waals surface area contributed by atoms with E-state index in [9.17, 15) is 9.59 Å². The summed E-state index contributed by atoms with van der Waals surface area (Å²) < 4.78 is 0. The van der Waals surface area contributed by atoms with Crippen molar-refractivity contribution in [2.45, 2.75) is 13.0 Å². The maximum atomic E-state index is 13.1. The number of benzene rings is 3. The van der Waals surface area contributed by atoms with Crippen molar-refractivity contribution < 1.29 is 9.59 Å². The molecule has 30 heavy (non-hydrogen) atoms. The van der Waals surface area contributed by atoms with Crippen molar-refractivity contribution in [3.63, 3.8) is 0 Å². The average Bonchev–Trinajstić information content (AvgIpc) is 3.04. The van der Waals surface area contributed by atoms with Gasteiger partial charge in [-0.05, 0) is 31.2 Å². The predicted octanol–water partition coefficient (Wildman–Crippen LogP) is 5.91. The molecule has 0 radical (unpaired) electrons. The van der Waals surface area contributed by atoms with Crippen LogP contribution >= 0.6 is 11.6 Å². The lowest BCUT2D eigenvalue weighted by Crippen LogP contribution is -2.33. The Morgan fingerprint density at radius 3 is 2.13 bits per heavy atom. The standard InChI is InChI=1S/C25H17ClN2O2/c1-15(28-24(29)18-11-5-6-12-19(18)25(28)30)20-14-17-10-7-13-21(26)23(17)27-22(20)16-8-3-2-4-9-16/h2-15H,1H3/t15-/m1/s1. The number of para-hydroxylation sites is 1. The van der Waals surface area contributed by atoms with Gasteiger partial charge in [-0.2, -0.15) is 0 Å². The number of nitrogens with zero attached hydrogens (tertiary/aromatic N) is 2. The molecule has 1 aliphatic heterocycles. The van der Waals surface area contributed by atoms with Gasteiger partial charge >= 0.3 is 0 Å². The quantitative estimate of drug-likeness (QED) is 0.393. The van der Waals surface area contributed by atoms with Crippen LogP contribution in [-0.2, 0) is 0 Å². The molecule has 5 heteroatoms. The second-order valence-corrected chi connectivity index (χ2v) is 7.71. The fraction of sp³-hybridized carbons (Fsp3) is 0.0800. The number of amides is 2. The Morgan fingerprint density at radius 2 is 1.47 bits per heavy atom. The molecule has 0 fully saturated rings. The summed E-state index contributed by atoms with van der Waals surface area (Å²) in [6.07, 6.45) is 0. The zero-order chi connectivity index (χ0) is 20.8. The molecule has 0 saturated heterocycles. The van der Waals surface area contributed by atoms with Gasteiger partial charge in [0.2, 0.25) is 0 Å². The highest BCUT2D eigenvalue weighted by molar-refractivity contribution is 6.35. The minimum atomic E-state index is -0.497. The number of pyridine rings is 1. The summed E-state index contributed by atoms with van der Waals surface area (Å²) in [5.74, 6) is -0.568. The van der Waals surface area contributed by atoms with Crippen LogP contribution in [-0.4, -0.2) is 21.7 Å². The maximum Gasteiger partial charge on any atom is 0.262 e. The number of carbonyl (C=O) groups excluding carboxylic acids is 2. The van der Waals surface area contributed by atoms with Crippen molar-refractivity contribution in [3.8, 4) is 11.3 Å². The van der Waals surface area contributed by atoms with E-state index in [1.165, 1.54) is 4.90 Å². The van der Waals surface area contributed by atoms with Crippen LogP contribution in [0.2, 0.25) is 5.02 Å². The average molecular weight is 413 g/mol. The van der Waals surface area contributed by atoms with Crippen molar-refractivity contribution in [1.29, 1.82) is 0 Å². The number of rotatable bonds is 3. The summed E-state index contributed by atoms with van der Waals surface area (Å²) >= 11 is 6.40. The van der Waals surface area contributed by atoms with Crippen molar-refractivity contribution in [2.75, 3.05) is 0 Å². The van der Waals surface area contributed by atoms with Gasteiger partial charge in [-0.25, -0.2) is 4.98 Å². The number of hydrogen-bond donors (Lipinski definition) is 0. The lowest BCUT2D eigenvalue weighted by Gasteiger charge is -2.25. The van der Waals surface area contributed by atoms with Gasteiger partial charge in [-0.1, -0.05) is 66.2 Å². The van der Waals surface area contributed by atoms with Crippen molar-refractivity contribution in [2.24, 2.45) is 0 Å². The van der Waals surface area contributed by atoms with Gasteiger partial charge in [-0.15, -0.1) is 0 Å². The summed E-state index contributed by atoms with van der Waals surface area (Å²) in [5.41, 5.74) is 3.97. The Hall–Kier alpha value is -3.50. The van der Waals surface area contributed by atoms with E-state index < -0.39 is 6.04 Å². The second-order valence-electron chi connectivity index (χ2n) is 7.31. The highest BCUT2D eigenvalue weighted by Gasteiger charge is 2.39. The zero-order valence-corrected chi connectivity index (χ0v) is 16.9. The van der Waals surface area contributed by atoms with E-state index in [4.69, 9.17) is 16.6 Å². The molecule has 0 bridgehead atoms. The number of aromatic nitrogens is 1. The molecule has 0 unspecified atom stereocenters. The first kappa shape index (κ1) is 18.5. The Bertz CT molecular complexity index is 1280. The SMILES string of the molecule is C[C@H](c1cc2cccc(Cl)c2nc1-c1ccccc1)N1C(=O)c2ccccc2C1=O. The maximum absolute atomic E-state index is 13.1. The molecule has 3 aromatic carbocycles. The van der Waals surface area contributed by atoms with Crippen molar-refractivity contribution in [3.05, 3.63) is 101 Å². The predicted molar refractivity (Wildman–Crippen MR) is 118 cm³/mol. The fourth-order valence-electron chi connectivity index (χ4n) is 4.02. The summed E-state index contributed by atoms with van der Waals surface area (Å²) in [7, 11) is 0. The van der Waals surface area contributed by atoms with Gasteiger partial charge in [0, 0.05) is 16.5 Å². The van der Waals surface area contributed by atoms with E-state index in [2.05, 4.69) is 0 Å². The second kappa shape index (κ2) is 7.08. The first-order chi connectivity index (χ1) is 14.6. The van der Waals surface area contributed by atoms with Gasteiger partial charge in [0.05, 0.1) is 33.4 Å². The van der Waals surface area contributed by atoms with Crippen molar-refractivity contribution >= 4 is 34.3 Å². The van der Waals surface area contributed by atoms with Crippen LogP contribution in [0, 0.1) is 0 Å². The third-order valence-corrected chi connectivity index (χ3v) is 5.84. The third-order valence-electron chi connectivity index (χ3n) is 5.54. The highest BCUT2D eigenvalue weighted by atomic mass is 35.5. The summed E-state index contributed by atoms with van der Waals surface area (Å²) in [6, 6.07) is 23.7. The minimum absolute atomic E-state index is 0.284. The molecule has 146 valence electrons. The Balaban J connectivity index is 1.70. The number of halogens is 1. The van der Waals surface area contributed by atoms with E-state index in [0.29, 0.717) is 27.4 Å². The minimum Gasteiger partial charge on any atom is -0.269 e. The molecule has 2 amide bonds. The molecular weight excluding hydrogens is 396 g/mol. The number of imide groups is 1. The van der Waals surface area contributed by atoms with Crippen LogP contribution in [0.15, 0.2) is 78.9 Å². The first-order valence-electron chi connectivity index (χ1n) is 9.68. The van der Waals surface area contributed by atoms with Gasteiger partial charge in [-0.3, -0.25) is 14.5 Å². The molecule has 1 aliphatic rings. The molecule has 1 aromatic heterocycles. The number of hydrogen-bond acceptors (Lipinski definition) is 3.